The molecule has 0 saturated heterocycles. The van der Waals surface area contributed by atoms with Crippen LogP contribution < -0.4 is 4.90 Å². The summed E-state index contributed by atoms with van der Waals surface area (Å²) in [5.41, 5.74) is 0.800. The highest BCUT2D eigenvalue weighted by Gasteiger charge is 2.54. The number of carbonyl (C=O) groups excluding carboxylic acids is 3. The van der Waals surface area contributed by atoms with Crippen LogP contribution in [0.2, 0.25) is 0 Å². The third-order valence-electron chi connectivity index (χ3n) is 6.25. The molecule has 0 N–H and O–H groups in total. The van der Waals surface area contributed by atoms with Crippen molar-refractivity contribution in [3.05, 3.63) is 45.6 Å². The number of anilines is 1. The molecule has 2 aliphatic heterocycles. The van der Waals surface area contributed by atoms with Gasteiger partial charge in [-0.25, -0.2) is 9.78 Å². The zero-order valence-corrected chi connectivity index (χ0v) is 19.0. The normalized spacial score (nSPS) is 25.0. The van der Waals surface area contributed by atoms with Crippen molar-refractivity contribution in [2.24, 2.45) is 5.92 Å². The first kappa shape index (κ1) is 20.9. The number of nitrogens with zero attached hydrogens (tertiary/aromatic N) is 2. The van der Waals surface area contributed by atoms with E-state index in [1.54, 1.807) is 26.0 Å². The lowest BCUT2D eigenvalue weighted by Crippen LogP contribution is -2.39. The van der Waals surface area contributed by atoms with Gasteiger partial charge in [-0.15, -0.1) is 0 Å². The van der Waals surface area contributed by atoms with E-state index in [0.717, 1.165) is 37.0 Å². The second-order valence-electron chi connectivity index (χ2n) is 8.31. The minimum Gasteiger partial charge on any atom is -0.483 e. The fourth-order valence-electron chi connectivity index (χ4n) is 4.78. The van der Waals surface area contributed by atoms with Crippen LogP contribution in [0, 0.1) is 19.8 Å². The molecule has 2 aromatic heterocycles. The summed E-state index contributed by atoms with van der Waals surface area (Å²) in [5, 5.41) is 0.309. The number of ether oxygens (including phenoxy) is 2. The number of fused-ring (bicyclic) bond motifs is 1. The fraction of sp³-hybridized carbons (Fsp3) is 0.478. The summed E-state index contributed by atoms with van der Waals surface area (Å²) < 4.78 is 17.1. The number of aryl methyl sites for hydroxylation is 2. The summed E-state index contributed by atoms with van der Waals surface area (Å²) in [6.45, 7) is 5.48. The third-order valence-corrected chi connectivity index (χ3v) is 7.38. The van der Waals surface area contributed by atoms with Crippen molar-refractivity contribution in [3.8, 4) is 0 Å². The number of amides is 1. The SMILES string of the molecule is CCOC(=O)c1sc(N2C(=O)C3=C(C(=O)C4CCCCC4O3)C2c2ccc(C)o2)nc1C. The van der Waals surface area contributed by atoms with E-state index in [-0.39, 0.29) is 30.2 Å². The van der Waals surface area contributed by atoms with Crippen molar-refractivity contribution < 1.29 is 28.3 Å². The summed E-state index contributed by atoms with van der Waals surface area (Å²) in [6.07, 6.45) is 3.18. The van der Waals surface area contributed by atoms with Gasteiger partial charge in [-0.2, -0.15) is 0 Å². The van der Waals surface area contributed by atoms with Gasteiger partial charge >= 0.3 is 5.97 Å². The molecule has 1 amide bonds. The van der Waals surface area contributed by atoms with Gasteiger partial charge in [0.2, 0.25) is 0 Å². The summed E-state index contributed by atoms with van der Waals surface area (Å²) in [5.74, 6) is 0.0122. The molecule has 0 radical (unpaired) electrons. The molecule has 3 unspecified atom stereocenters. The van der Waals surface area contributed by atoms with E-state index in [4.69, 9.17) is 13.9 Å². The molecule has 5 rings (SSSR count). The van der Waals surface area contributed by atoms with Gasteiger partial charge in [0.05, 0.1) is 23.8 Å². The van der Waals surface area contributed by atoms with E-state index in [9.17, 15) is 14.4 Å². The van der Waals surface area contributed by atoms with E-state index in [1.807, 2.05) is 6.92 Å². The molecule has 0 aromatic carbocycles. The Kier molecular flexibility index (Phi) is 5.16. The standard InChI is InChI=1S/C23H24N2O6S/c1-4-29-22(28)20-12(3)24-23(32-20)25-17(15-10-9-11(2)30-15)16-18(26)13-7-5-6-8-14(13)31-19(16)21(25)27/h9-10,13-14,17H,4-8H2,1-3H3. The predicted molar refractivity (Wildman–Crippen MR) is 115 cm³/mol. The van der Waals surface area contributed by atoms with Gasteiger partial charge < -0.3 is 13.9 Å². The quantitative estimate of drug-likeness (QED) is 0.641. The first-order valence-electron chi connectivity index (χ1n) is 10.9. The Balaban J connectivity index is 1.61. The van der Waals surface area contributed by atoms with Crippen molar-refractivity contribution in [1.29, 1.82) is 0 Å². The van der Waals surface area contributed by atoms with Gasteiger partial charge in [0, 0.05) is 0 Å². The van der Waals surface area contributed by atoms with Crippen LogP contribution in [0.15, 0.2) is 27.9 Å². The van der Waals surface area contributed by atoms with Crippen molar-refractivity contribution in [3.63, 3.8) is 0 Å². The van der Waals surface area contributed by atoms with Crippen LogP contribution in [0.5, 0.6) is 0 Å². The van der Waals surface area contributed by atoms with E-state index in [1.165, 1.54) is 4.90 Å². The maximum Gasteiger partial charge on any atom is 0.350 e. The second kappa shape index (κ2) is 7.88. The van der Waals surface area contributed by atoms with Crippen molar-refractivity contribution in [1.82, 2.24) is 4.98 Å². The molecular formula is C23H24N2O6S. The number of thiazole rings is 1. The highest BCUT2D eigenvalue weighted by molar-refractivity contribution is 7.17. The van der Waals surface area contributed by atoms with Crippen LogP contribution in [0.4, 0.5) is 5.13 Å². The highest BCUT2D eigenvalue weighted by atomic mass is 32.1. The van der Waals surface area contributed by atoms with Gasteiger partial charge in [0.15, 0.2) is 16.7 Å². The summed E-state index contributed by atoms with van der Waals surface area (Å²) in [4.78, 5) is 45.7. The Labute approximate surface area is 189 Å². The second-order valence-corrected chi connectivity index (χ2v) is 9.29. The molecule has 0 bridgehead atoms. The molecule has 3 aliphatic rings. The zero-order chi connectivity index (χ0) is 22.6. The number of rotatable bonds is 4. The summed E-state index contributed by atoms with van der Waals surface area (Å²) in [7, 11) is 0. The maximum atomic E-state index is 13.6. The van der Waals surface area contributed by atoms with Gasteiger partial charge in [0.25, 0.3) is 5.91 Å². The molecule has 1 fully saturated rings. The van der Waals surface area contributed by atoms with E-state index in [2.05, 4.69) is 4.98 Å². The van der Waals surface area contributed by atoms with Crippen molar-refractivity contribution >= 4 is 34.1 Å². The average molecular weight is 457 g/mol. The number of furan rings is 1. The van der Waals surface area contributed by atoms with Gasteiger partial charge in [-0.1, -0.05) is 17.8 Å². The number of esters is 1. The molecule has 9 heteroatoms. The minimum atomic E-state index is -0.776. The lowest BCUT2D eigenvalue weighted by atomic mass is 9.78. The van der Waals surface area contributed by atoms with Crippen LogP contribution in [0.3, 0.4) is 0 Å². The Morgan fingerprint density at radius 1 is 1.25 bits per heavy atom. The van der Waals surface area contributed by atoms with Crippen molar-refractivity contribution in [2.75, 3.05) is 11.5 Å². The van der Waals surface area contributed by atoms with Gasteiger partial charge in [-0.05, 0) is 52.2 Å². The Morgan fingerprint density at radius 3 is 2.75 bits per heavy atom. The van der Waals surface area contributed by atoms with E-state index < -0.39 is 17.9 Å². The summed E-state index contributed by atoms with van der Waals surface area (Å²) in [6, 6.07) is 2.79. The maximum absolute atomic E-state index is 13.6. The minimum absolute atomic E-state index is 0.0512. The van der Waals surface area contributed by atoms with Gasteiger partial charge in [0.1, 0.15) is 28.5 Å². The first-order chi connectivity index (χ1) is 15.4. The molecular weight excluding hydrogens is 432 g/mol. The average Bonchev–Trinajstić information content (AvgIpc) is 3.44. The molecule has 168 valence electrons. The largest absolute Gasteiger partial charge is 0.483 e. The Hall–Kier alpha value is -2.94. The predicted octanol–water partition coefficient (Wildman–Crippen LogP) is 4.03. The number of hydrogen-bond donors (Lipinski definition) is 0. The number of ketones is 1. The lowest BCUT2D eigenvalue weighted by molar-refractivity contribution is -0.131. The fourth-order valence-corrected chi connectivity index (χ4v) is 5.77. The summed E-state index contributed by atoms with van der Waals surface area (Å²) >= 11 is 1.07. The third kappa shape index (κ3) is 3.18. The topological polar surface area (TPSA) is 98.9 Å². The molecule has 1 saturated carbocycles. The molecule has 0 spiro atoms. The Morgan fingerprint density at radius 2 is 2.03 bits per heavy atom. The Bertz CT molecular complexity index is 1150. The van der Waals surface area contributed by atoms with Crippen LogP contribution in [-0.2, 0) is 19.1 Å². The van der Waals surface area contributed by atoms with Crippen molar-refractivity contribution in [2.45, 2.75) is 58.6 Å². The first-order valence-corrected chi connectivity index (χ1v) is 11.7. The molecule has 4 heterocycles. The van der Waals surface area contributed by atoms with E-state index >= 15 is 0 Å². The van der Waals surface area contributed by atoms with Gasteiger partial charge in [-0.3, -0.25) is 14.5 Å². The number of Topliss-reactive ketones (excluding diaryl/α,β-unsaturated/α-hetero) is 1. The van der Waals surface area contributed by atoms with Crippen LogP contribution in [-0.4, -0.2) is 35.4 Å². The zero-order valence-electron chi connectivity index (χ0n) is 18.2. The number of aromatic nitrogens is 1. The van der Waals surface area contributed by atoms with E-state index in [0.29, 0.717) is 32.8 Å². The highest BCUT2D eigenvalue weighted by Crippen LogP contribution is 2.49. The van der Waals surface area contributed by atoms with Crippen LogP contribution in [0.25, 0.3) is 0 Å². The molecule has 8 nitrogen and oxygen atoms in total. The monoisotopic (exact) mass is 456 g/mol. The number of carbonyl (C=O) groups is 3. The number of hydrogen-bond acceptors (Lipinski definition) is 8. The molecule has 32 heavy (non-hydrogen) atoms. The smallest absolute Gasteiger partial charge is 0.350 e. The molecule has 3 atom stereocenters. The van der Waals surface area contributed by atoms with Crippen LogP contribution >= 0.6 is 11.3 Å². The molecule has 2 aromatic rings. The lowest BCUT2D eigenvalue weighted by Gasteiger charge is -2.35. The van der Waals surface area contributed by atoms with Crippen LogP contribution in [0.1, 0.15) is 65.5 Å². The molecule has 1 aliphatic carbocycles.